The summed E-state index contributed by atoms with van der Waals surface area (Å²) < 4.78 is 10.6. The SMILES string of the molecule is COC(=O)[C@]1(C)CCC[C@@]2(C)[C@@H]3CC[C@@]4(O)C[C@]3(C[C@]4(O)COC(=O)C(C)(C)C)[C@@H](O)[C@@H](O)[C@@H]21. The van der Waals surface area contributed by atoms with Crippen LogP contribution in [0.2, 0.25) is 0 Å². The van der Waals surface area contributed by atoms with Gasteiger partial charge in [0, 0.05) is 11.3 Å². The van der Waals surface area contributed by atoms with Crippen molar-refractivity contribution < 1.29 is 39.5 Å². The molecule has 0 radical (unpaired) electrons. The number of ether oxygens (including phenoxy) is 2. The van der Waals surface area contributed by atoms with Gasteiger partial charge >= 0.3 is 11.9 Å². The van der Waals surface area contributed by atoms with Crippen molar-refractivity contribution in [3.05, 3.63) is 0 Å². The summed E-state index contributed by atoms with van der Waals surface area (Å²) in [5.74, 6) is -1.49. The van der Waals surface area contributed by atoms with Crippen molar-refractivity contribution in [2.45, 2.75) is 103 Å². The van der Waals surface area contributed by atoms with Gasteiger partial charge in [0.2, 0.25) is 0 Å². The minimum atomic E-state index is -1.73. The van der Waals surface area contributed by atoms with Gasteiger partial charge in [-0.25, -0.2) is 0 Å². The summed E-state index contributed by atoms with van der Waals surface area (Å²) >= 11 is 0. The van der Waals surface area contributed by atoms with E-state index in [9.17, 15) is 30.0 Å². The molecule has 194 valence electrons. The fourth-order valence-electron chi connectivity index (χ4n) is 8.72. The molecule has 0 aromatic carbocycles. The predicted octanol–water partition coefficient (Wildman–Crippen LogP) is 1.95. The van der Waals surface area contributed by atoms with E-state index in [1.54, 1.807) is 20.8 Å². The van der Waals surface area contributed by atoms with Crippen LogP contribution in [-0.2, 0) is 19.1 Å². The molecule has 1 spiro atoms. The maximum absolute atomic E-state index is 12.9. The van der Waals surface area contributed by atoms with Gasteiger partial charge < -0.3 is 29.9 Å². The number of aliphatic hydroxyl groups is 4. The zero-order valence-electron chi connectivity index (χ0n) is 21.4. The highest BCUT2D eigenvalue weighted by Gasteiger charge is 2.77. The highest BCUT2D eigenvalue weighted by molar-refractivity contribution is 5.77. The van der Waals surface area contributed by atoms with Gasteiger partial charge in [0.25, 0.3) is 0 Å². The molecule has 0 saturated heterocycles. The normalized spacial score (nSPS) is 50.2. The van der Waals surface area contributed by atoms with Crippen molar-refractivity contribution in [2.75, 3.05) is 13.7 Å². The fraction of sp³-hybridized carbons (Fsp3) is 0.923. The first kappa shape index (κ1) is 25.9. The average Bonchev–Trinajstić information content (AvgIpc) is 2.91. The van der Waals surface area contributed by atoms with Crippen molar-refractivity contribution in [1.82, 2.24) is 0 Å². The Morgan fingerprint density at radius 2 is 1.68 bits per heavy atom. The van der Waals surface area contributed by atoms with E-state index in [1.165, 1.54) is 7.11 Å². The first-order chi connectivity index (χ1) is 15.5. The summed E-state index contributed by atoms with van der Waals surface area (Å²) in [5.41, 5.74) is -6.40. The molecule has 2 bridgehead atoms. The number of fused-ring (bicyclic) bond motifs is 3. The first-order valence-electron chi connectivity index (χ1n) is 12.6. The Balaban J connectivity index is 1.72. The van der Waals surface area contributed by atoms with Crippen LogP contribution in [0.5, 0.6) is 0 Å². The molecule has 4 rings (SSSR count). The Labute approximate surface area is 202 Å². The molecule has 4 aliphatic rings. The third-order valence-corrected chi connectivity index (χ3v) is 10.2. The lowest BCUT2D eigenvalue weighted by molar-refractivity contribution is -0.261. The van der Waals surface area contributed by atoms with Crippen LogP contribution in [0.25, 0.3) is 0 Å². The van der Waals surface area contributed by atoms with Crippen LogP contribution in [-0.4, -0.2) is 69.5 Å². The van der Waals surface area contributed by atoms with Gasteiger partial charge in [-0.2, -0.15) is 0 Å². The molecule has 4 saturated carbocycles. The van der Waals surface area contributed by atoms with E-state index in [2.05, 4.69) is 6.92 Å². The largest absolute Gasteiger partial charge is 0.469 e. The smallest absolute Gasteiger partial charge is 0.311 e. The summed E-state index contributed by atoms with van der Waals surface area (Å²) in [5, 5.41) is 46.4. The summed E-state index contributed by atoms with van der Waals surface area (Å²) in [7, 11) is 1.35. The number of methoxy groups -OCH3 is 1. The van der Waals surface area contributed by atoms with Crippen molar-refractivity contribution in [2.24, 2.45) is 33.5 Å². The molecule has 4 N–H and O–H groups in total. The van der Waals surface area contributed by atoms with Gasteiger partial charge in [0.1, 0.15) is 12.2 Å². The van der Waals surface area contributed by atoms with Crippen molar-refractivity contribution in [3.63, 3.8) is 0 Å². The van der Waals surface area contributed by atoms with Crippen LogP contribution < -0.4 is 0 Å². The van der Waals surface area contributed by atoms with E-state index in [1.807, 2.05) is 6.92 Å². The minimum absolute atomic E-state index is 0.0219. The molecule has 8 heteroatoms. The molecule has 0 amide bonds. The fourth-order valence-corrected chi connectivity index (χ4v) is 8.72. The van der Waals surface area contributed by atoms with Crippen LogP contribution >= 0.6 is 0 Å². The Kier molecular flexibility index (Phi) is 5.81. The Morgan fingerprint density at radius 3 is 2.26 bits per heavy atom. The number of aliphatic hydroxyl groups excluding tert-OH is 2. The number of hydrogen-bond donors (Lipinski definition) is 4. The van der Waals surface area contributed by atoms with Crippen LogP contribution in [0.3, 0.4) is 0 Å². The summed E-state index contributed by atoms with van der Waals surface area (Å²) in [4.78, 5) is 25.3. The number of rotatable bonds is 3. The number of carbonyl (C=O) groups is 2. The van der Waals surface area contributed by atoms with E-state index >= 15 is 0 Å². The molecular formula is C26H42O8. The topological polar surface area (TPSA) is 134 Å². The van der Waals surface area contributed by atoms with E-state index in [-0.39, 0.29) is 31.3 Å². The van der Waals surface area contributed by atoms with E-state index < -0.39 is 57.0 Å². The quantitative estimate of drug-likeness (QED) is 0.449. The zero-order valence-corrected chi connectivity index (χ0v) is 21.4. The first-order valence-corrected chi connectivity index (χ1v) is 12.6. The van der Waals surface area contributed by atoms with Crippen molar-refractivity contribution in [1.29, 1.82) is 0 Å². The Bertz CT molecular complexity index is 867. The van der Waals surface area contributed by atoms with E-state index in [4.69, 9.17) is 9.47 Å². The third-order valence-electron chi connectivity index (χ3n) is 10.2. The van der Waals surface area contributed by atoms with Crippen LogP contribution in [0.15, 0.2) is 0 Å². The number of esters is 2. The molecule has 4 fully saturated rings. The second-order valence-electron chi connectivity index (χ2n) is 13.2. The summed E-state index contributed by atoms with van der Waals surface area (Å²) in [6.45, 7) is 8.71. The van der Waals surface area contributed by atoms with Crippen molar-refractivity contribution >= 4 is 11.9 Å². The Morgan fingerprint density at radius 1 is 1.03 bits per heavy atom. The highest BCUT2D eigenvalue weighted by atomic mass is 16.5. The molecular weight excluding hydrogens is 440 g/mol. The lowest BCUT2D eigenvalue weighted by Gasteiger charge is -2.66. The minimum Gasteiger partial charge on any atom is -0.469 e. The lowest BCUT2D eigenvalue weighted by atomic mass is 9.39. The standard InChI is InChI=1S/C26H42O8/c1-21(2,3)19(29)34-14-26(32)13-24-12-25(26,31)11-8-15(24)22(4)9-7-10-23(5,20(30)33-6)17(22)16(27)18(24)28/h15-18,27-28,31-32H,7-14H2,1-6H3/t15-,16-,17-,18-,22-,23+,24+,25+,26-/m0/s1. The van der Waals surface area contributed by atoms with Gasteiger partial charge in [0.05, 0.1) is 35.7 Å². The second kappa shape index (κ2) is 7.64. The Hall–Kier alpha value is -1.22. The summed E-state index contributed by atoms with van der Waals surface area (Å²) in [6.07, 6.45) is 0.646. The monoisotopic (exact) mass is 482 g/mol. The maximum Gasteiger partial charge on any atom is 0.311 e. The number of hydrogen-bond acceptors (Lipinski definition) is 8. The second-order valence-corrected chi connectivity index (χ2v) is 13.2. The van der Waals surface area contributed by atoms with E-state index in [0.29, 0.717) is 19.3 Å². The molecule has 0 heterocycles. The maximum atomic E-state index is 12.9. The van der Waals surface area contributed by atoms with Gasteiger partial charge in [-0.15, -0.1) is 0 Å². The van der Waals surface area contributed by atoms with Gasteiger partial charge in [0.15, 0.2) is 0 Å². The van der Waals surface area contributed by atoms with Crippen molar-refractivity contribution in [3.8, 4) is 0 Å². The van der Waals surface area contributed by atoms with Crippen LogP contribution in [0.4, 0.5) is 0 Å². The molecule has 0 aromatic rings. The molecule has 9 atom stereocenters. The number of carbonyl (C=O) groups excluding carboxylic acids is 2. The summed E-state index contributed by atoms with van der Waals surface area (Å²) in [6, 6.07) is 0. The van der Waals surface area contributed by atoms with Gasteiger partial charge in [-0.05, 0) is 77.6 Å². The van der Waals surface area contributed by atoms with E-state index in [0.717, 1.165) is 12.8 Å². The average molecular weight is 483 g/mol. The highest BCUT2D eigenvalue weighted by Crippen LogP contribution is 2.73. The predicted molar refractivity (Wildman–Crippen MR) is 122 cm³/mol. The third kappa shape index (κ3) is 3.24. The molecule has 4 aliphatic carbocycles. The van der Waals surface area contributed by atoms with Crippen LogP contribution in [0.1, 0.15) is 79.6 Å². The lowest BCUT2D eigenvalue weighted by Crippen LogP contribution is -2.69. The van der Waals surface area contributed by atoms with Gasteiger partial charge in [-0.1, -0.05) is 13.3 Å². The zero-order chi connectivity index (χ0) is 25.5. The molecule has 8 nitrogen and oxygen atoms in total. The molecule has 34 heavy (non-hydrogen) atoms. The van der Waals surface area contributed by atoms with Crippen LogP contribution in [0, 0.1) is 33.5 Å². The molecule has 0 aromatic heterocycles. The molecule has 0 aliphatic heterocycles. The van der Waals surface area contributed by atoms with Gasteiger partial charge in [-0.3, -0.25) is 9.59 Å². The molecule has 0 unspecified atom stereocenters.